The molecule has 4 aliphatic carbocycles. The van der Waals surface area contributed by atoms with Gasteiger partial charge in [0.25, 0.3) is 0 Å². The van der Waals surface area contributed by atoms with Crippen LogP contribution in [0.15, 0.2) is 133 Å². The monoisotopic (exact) mass is 535 g/mol. The van der Waals surface area contributed by atoms with Gasteiger partial charge in [-0.3, -0.25) is 0 Å². The summed E-state index contributed by atoms with van der Waals surface area (Å²) in [5.41, 5.74) is 9.88. The predicted octanol–water partition coefficient (Wildman–Crippen LogP) is 6.58. The smallest absolute Gasteiger partial charge is 0.123 e. The van der Waals surface area contributed by atoms with E-state index in [2.05, 4.69) is 138 Å². The van der Waals surface area contributed by atoms with E-state index in [4.69, 9.17) is 10.3 Å². The molecule has 3 nitrogen and oxygen atoms in total. The van der Waals surface area contributed by atoms with E-state index in [9.17, 15) is 0 Å². The Balaban J connectivity index is 1.47. The van der Waals surface area contributed by atoms with Crippen molar-refractivity contribution in [1.82, 2.24) is 15.0 Å². The van der Waals surface area contributed by atoms with Crippen molar-refractivity contribution in [3.63, 3.8) is 0 Å². The Kier molecular flexibility index (Phi) is 6.81. The molecule has 194 valence electrons. The van der Waals surface area contributed by atoms with Crippen LogP contribution >= 0.6 is 7.92 Å². The van der Waals surface area contributed by atoms with Crippen molar-refractivity contribution < 1.29 is 0 Å². The Morgan fingerprint density at radius 2 is 1.05 bits per heavy atom. The zero-order valence-corrected chi connectivity index (χ0v) is 23.2. The van der Waals surface area contributed by atoms with Gasteiger partial charge in [0.1, 0.15) is 11.1 Å². The van der Waals surface area contributed by atoms with Gasteiger partial charge >= 0.3 is 0 Å². The summed E-state index contributed by atoms with van der Waals surface area (Å²) in [4.78, 5) is 0. The van der Waals surface area contributed by atoms with Crippen molar-refractivity contribution in [3.05, 3.63) is 156 Å². The third-order valence-electron chi connectivity index (χ3n) is 7.73. The van der Waals surface area contributed by atoms with E-state index < -0.39 is 7.92 Å². The molecule has 6 aromatic rings. The standard InChI is InChI=1S/C36H30N3P/c1-4-10-31(11-5-1)39-35(34-26-29-21-20-27-16-18-28(19-17-27)22-24-30(34)25-23-29)36(37-38-39)40(32-12-6-2-7-13-32)33-14-8-3-9-15-33/h1-19,23,25-26H,20-22,24H2. The molecule has 4 bridgehead atoms. The Bertz CT molecular complexity index is 1690. The number of para-hydroxylation sites is 1. The van der Waals surface area contributed by atoms with Crippen molar-refractivity contribution in [1.29, 1.82) is 0 Å². The largest absolute Gasteiger partial charge is 0.212 e. The van der Waals surface area contributed by atoms with Gasteiger partial charge in [0.05, 0.1) is 5.69 Å². The summed E-state index contributed by atoms with van der Waals surface area (Å²) in [6.45, 7) is 0. The van der Waals surface area contributed by atoms with Gasteiger partial charge in [-0.05, 0) is 76.7 Å². The minimum absolute atomic E-state index is 0.926. The fourth-order valence-corrected chi connectivity index (χ4v) is 7.90. The van der Waals surface area contributed by atoms with Gasteiger partial charge in [0, 0.05) is 13.5 Å². The maximum Gasteiger partial charge on any atom is 0.123 e. The summed E-state index contributed by atoms with van der Waals surface area (Å²) in [6, 6.07) is 48.3. The number of aromatic nitrogens is 3. The first kappa shape index (κ1) is 24.7. The molecular formula is C36H30N3P. The second-order valence-electron chi connectivity index (χ2n) is 10.3. The molecule has 1 aromatic heterocycles. The van der Waals surface area contributed by atoms with Gasteiger partial charge in [-0.15, -0.1) is 5.10 Å². The van der Waals surface area contributed by atoms with E-state index in [-0.39, 0.29) is 0 Å². The third kappa shape index (κ3) is 4.90. The molecule has 0 saturated carbocycles. The average Bonchev–Trinajstić information content (AvgIpc) is 3.44. The van der Waals surface area contributed by atoms with Crippen molar-refractivity contribution in [2.24, 2.45) is 0 Å². The van der Waals surface area contributed by atoms with Crippen molar-refractivity contribution in [2.75, 3.05) is 0 Å². The number of nitrogens with zero attached hydrogens (tertiary/aromatic N) is 3. The van der Waals surface area contributed by atoms with Crippen molar-refractivity contribution in [2.45, 2.75) is 25.7 Å². The van der Waals surface area contributed by atoms with Gasteiger partial charge in [0.2, 0.25) is 0 Å². The van der Waals surface area contributed by atoms with Gasteiger partial charge in [-0.2, -0.15) is 0 Å². The fraction of sp³-hybridized carbons (Fsp3) is 0.111. The highest BCUT2D eigenvalue weighted by atomic mass is 31.1. The van der Waals surface area contributed by atoms with E-state index in [1.807, 2.05) is 0 Å². The molecular weight excluding hydrogens is 505 g/mol. The lowest BCUT2D eigenvalue weighted by Crippen LogP contribution is -2.23. The number of benzene rings is 5. The lowest BCUT2D eigenvalue weighted by Gasteiger charge is -2.21. The first-order valence-corrected chi connectivity index (χ1v) is 15.3. The molecule has 0 N–H and O–H groups in total. The number of hydrogen-bond donors (Lipinski definition) is 0. The maximum absolute atomic E-state index is 4.99. The summed E-state index contributed by atoms with van der Waals surface area (Å²) in [7, 11) is -0.926. The Labute approximate surface area is 236 Å². The van der Waals surface area contributed by atoms with Crippen LogP contribution in [0.25, 0.3) is 16.9 Å². The van der Waals surface area contributed by atoms with Crippen LogP contribution in [0.1, 0.15) is 22.3 Å². The van der Waals surface area contributed by atoms with E-state index in [0.717, 1.165) is 42.5 Å². The third-order valence-corrected chi connectivity index (χ3v) is 10.1. The van der Waals surface area contributed by atoms with E-state index in [1.54, 1.807) is 0 Å². The number of rotatable bonds is 5. The zero-order valence-electron chi connectivity index (χ0n) is 22.3. The summed E-state index contributed by atoms with van der Waals surface area (Å²) in [5, 5.41) is 12.4. The molecule has 0 aliphatic heterocycles. The Morgan fingerprint density at radius 3 is 1.68 bits per heavy atom. The fourth-order valence-electron chi connectivity index (χ4n) is 5.61. The first-order chi connectivity index (χ1) is 19.8. The van der Waals surface area contributed by atoms with Gasteiger partial charge in [-0.1, -0.05) is 120 Å². The van der Waals surface area contributed by atoms with Crippen LogP contribution < -0.4 is 16.0 Å². The van der Waals surface area contributed by atoms with E-state index >= 15 is 0 Å². The van der Waals surface area contributed by atoms with Crippen LogP contribution in [-0.4, -0.2) is 15.0 Å². The summed E-state index contributed by atoms with van der Waals surface area (Å²) in [5.74, 6) is 0. The molecule has 0 amide bonds. The molecule has 1 heterocycles. The minimum atomic E-state index is -0.926. The van der Waals surface area contributed by atoms with Crippen LogP contribution in [0.4, 0.5) is 0 Å². The molecule has 0 fully saturated rings. The van der Waals surface area contributed by atoms with Crippen molar-refractivity contribution >= 4 is 24.0 Å². The van der Waals surface area contributed by atoms with Crippen molar-refractivity contribution in [3.8, 4) is 16.9 Å². The van der Waals surface area contributed by atoms with E-state index in [0.29, 0.717) is 0 Å². The van der Waals surface area contributed by atoms with E-state index in [1.165, 1.54) is 38.4 Å². The second-order valence-corrected chi connectivity index (χ2v) is 12.5. The summed E-state index contributed by atoms with van der Waals surface area (Å²) in [6.07, 6.45) is 3.99. The lowest BCUT2D eigenvalue weighted by molar-refractivity contribution is 0.808. The van der Waals surface area contributed by atoms with Gasteiger partial charge < -0.3 is 0 Å². The molecule has 4 heteroatoms. The Hall–Kier alpha value is -4.33. The van der Waals surface area contributed by atoms with Gasteiger partial charge in [0.15, 0.2) is 0 Å². The quantitative estimate of drug-likeness (QED) is 0.234. The van der Waals surface area contributed by atoms with Gasteiger partial charge in [-0.25, -0.2) is 4.68 Å². The SMILES string of the molecule is c1ccc(-n2nnc(P(c3ccccc3)c3ccccc3)c2-c2cc3ccc2CCc2ccc(cc2)CC3)cc1. The molecule has 0 unspecified atom stereocenters. The predicted molar refractivity (Wildman–Crippen MR) is 167 cm³/mol. The topological polar surface area (TPSA) is 30.7 Å². The molecule has 10 rings (SSSR count). The molecule has 5 aromatic carbocycles. The Morgan fingerprint density at radius 1 is 0.525 bits per heavy atom. The van der Waals surface area contributed by atoms with Crippen LogP contribution in [0.3, 0.4) is 0 Å². The normalized spacial score (nSPS) is 12.8. The minimum Gasteiger partial charge on any atom is -0.212 e. The van der Waals surface area contributed by atoms with Crippen LogP contribution in [0, 0.1) is 0 Å². The van der Waals surface area contributed by atoms with Crippen LogP contribution in [-0.2, 0) is 25.7 Å². The maximum atomic E-state index is 4.99. The van der Waals surface area contributed by atoms with Crippen LogP contribution in [0.5, 0.6) is 0 Å². The summed E-state index contributed by atoms with van der Waals surface area (Å²) >= 11 is 0. The zero-order chi connectivity index (χ0) is 26.7. The highest BCUT2D eigenvalue weighted by Crippen LogP contribution is 2.38. The lowest BCUT2D eigenvalue weighted by atomic mass is 9.92. The number of hydrogen-bond acceptors (Lipinski definition) is 2. The number of aryl methyl sites for hydroxylation is 4. The average molecular weight is 536 g/mol. The molecule has 40 heavy (non-hydrogen) atoms. The summed E-state index contributed by atoms with van der Waals surface area (Å²) < 4.78 is 2.07. The second kappa shape index (κ2) is 11.0. The molecule has 4 aliphatic rings. The first-order valence-electron chi connectivity index (χ1n) is 13.9. The highest BCUT2D eigenvalue weighted by molar-refractivity contribution is 7.79. The molecule has 0 radical (unpaired) electrons. The molecule has 0 atom stereocenters. The van der Waals surface area contributed by atoms with Crippen LogP contribution in [0.2, 0.25) is 0 Å². The highest BCUT2D eigenvalue weighted by Gasteiger charge is 2.28. The molecule has 0 saturated heterocycles. The molecule has 0 spiro atoms.